The van der Waals surface area contributed by atoms with E-state index in [1.807, 2.05) is 36.7 Å². The van der Waals surface area contributed by atoms with Crippen molar-refractivity contribution in [3.05, 3.63) is 52.8 Å². The first kappa shape index (κ1) is 25.9. The number of aryl methyl sites for hydroxylation is 2. The minimum Gasteiger partial charge on any atom is -0.491 e. The molecule has 0 bridgehead atoms. The standard InChI is InChI=1S/C25H38N2O5/c1-6-25(7-2,19-9-10-23(17(4)11-19)32-16-18(5)29)20-12-22(27(8-3)14-20)24(31)26-13-21(30)15-28/h9-12,14,18,21,28-30H,6-8,13,15-16H2,1-5H3,(H,26,31). The van der Waals surface area contributed by atoms with E-state index in [4.69, 9.17) is 9.84 Å². The second-order valence-corrected chi connectivity index (χ2v) is 8.38. The van der Waals surface area contributed by atoms with Crippen molar-refractivity contribution in [3.63, 3.8) is 0 Å². The summed E-state index contributed by atoms with van der Waals surface area (Å²) in [6.45, 7) is 10.5. The molecule has 0 aliphatic rings. The molecule has 0 saturated carbocycles. The monoisotopic (exact) mass is 446 g/mol. The molecule has 0 fully saturated rings. The van der Waals surface area contributed by atoms with Crippen molar-refractivity contribution in [2.75, 3.05) is 19.8 Å². The van der Waals surface area contributed by atoms with Crippen molar-refractivity contribution in [3.8, 4) is 5.75 Å². The highest BCUT2D eigenvalue weighted by Crippen LogP contribution is 2.41. The molecule has 1 aromatic carbocycles. The highest BCUT2D eigenvalue weighted by molar-refractivity contribution is 5.93. The van der Waals surface area contributed by atoms with E-state index in [1.54, 1.807) is 6.92 Å². The zero-order valence-corrected chi connectivity index (χ0v) is 19.9. The number of benzene rings is 1. The second-order valence-electron chi connectivity index (χ2n) is 8.38. The number of aromatic nitrogens is 1. The fraction of sp³-hybridized carbons (Fsp3) is 0.560. The van der Waals surface area contributed by atoms with Crippen LogP contribution in [-0.2, 0) is 12.0 Å². The van der Waals surface area contributed by atoms with Crippen LogP contribution in [0.25, 0.3) is 0 Å². The smallest absolute Gasteiger partial charge is 0.268 e. The summed E-state index contributed by atoms with van der Waals surface area (Å²) in [5.74, 6) is 0.481. The van der Waals surface area contributed by atoms with E-state index in [1.165, 1.54) is 0 Å². The summed E-state index contributed by atoms with van der Waals surface area (Å²) >= 11 is 0. The third-order valence-electron chi connectivity index (χ3n) is 6.15. The van der Waals surface area contributed by atoms with Crippen molar-refractivity contribution >= 4 is 5.91 Å². The van der Waals surface area contributed by atoms with Crippen LogP contribution in [-0.4, -0.2) is 57.8 Å². The van der Waals surface area contributed by atoms with E-state index in [-0.39, 0.29) is 24.5 Å². The van der Waals surface area contributed by atoms with E-state index in [2.05, 4.69) is 31.3 Å². The van der Waals surface area contributed by atoms with E-state index >= 15 is 0 Å². The van der Waals surface area contributed by atoms with Gasteiger partial charge in [0.15, 0.2) is 0 Å². The van der Waals surface area contributed by atoms with Crippen LogP contribution in [0.1, 0.15) is 67.7 Å². The third-order valence-corrected chi connectivity index (χ3v) is 6.15. The van der Waals surface area contributed by atoms with Gasteiger partial charge in [-0.1, -0.05) is 26.0 Å². The Morgan fingerprint density at radius 1 is 1.16 bits per heavy atom. The molecule has 0 saturated heterocycles. The van der Waals surface area contributed by atoms with Gasteiger partial charge in [-0.15, -0.1) is 0 Å². The predicted molar refractivity (Wildman–Crippen MR) is 125 cm³/mol. The third kappa shape index (κ3) is 5.71. The van der Waals surface area contributed by atoms with E-state index < -0.39 is 18.8 Å². The van der Waals surface area contributed by atoms with Crippen molar-refractivity contribution in [2.24, 2.45) is 0 Å². The molecule has 2 unspecified atom stereocenters. The van der Waals surface area contributed by atoms with Gasteiger partial charge in [0, 0.05) is 24.7 Å². The highest BCUT2D eigenvalue weighted by Gasteiger charge is 2.33. The van der Waals surface area contributed by atoms with Crippen LogP contribution < -0.4 is 10.1 Å². The minimum absolute atomic E-state index is 0.000622. The van der Waals surface area contributed by atoms with Gasteiger partial charge in [-0.3, -0.25) is 4.79 Å². The molecule has 1 amide bonds. The summed E-state index contributed by atoms with van der Waals surface area (Å²) in [6.07, 6.45) is 2.24. The Balaban J connectivity index is 2.42. The van der Waals surface area contributed by atoms with Crippen molar-refractivity contribution in [2.45, 2.75) is 71.6 Å². The van der Waals surface area contributed by atoms with Crippen molar-refractivity contribution in [1.29, 1.82) is 0 Å². The molecule has 1 heterocycles. The number of rotatable bonds is 12. The van der Waals surface area contributed by atoms with E-state index in [0.717, 1.165) is 35.3 Å². The number of hydrogen-bond donors (Lipinski definition) is 4. The maximum atomic E-state index is 12.8. The Kier molecular flexibility index (Phi) is 9.31. The molecule has 32 heavy (non-hydrogen) atoms. The average Bonchev–Trinajstić information content (AvgIpc) is 3.22. The largest absolute Gasteiger partial charge is 0.491 e. The molecule has 0 aliphatic heterocycles. The van der Waals surface area contributed by atoms with Gasteiger partial charge in [0.05, 0.1) is 18.8 Å². The summed E-state index contributed by atoms with van der Waals surface area (Å²) in [5, 5.41) is 30.8. The molecule has 0 radical (unpaired) electrons. The highest BCUT2D eigenvalue weighted by atomic mass is 16.5. The Morgan fingerprint density at radius 2 is 1.84 bits per heavy atom. The lowest BCUT2D eigenvalue weighted by Crippen LogP contribution is -2.34. The Morgan fingerprint density at radius 3 is 2.38 bits per heavy atom. The number of nitrogens with zero attached hydrogens (tertiary/aromatic N) is 1. The second kappa shape index (κ2) is 11.5. The molecule has 1 aromatic heterocycles. The maximum Gasteiger partial charge on any atom is 0.268 e. The van der Waals surface area contributed by atoms with Crippen molar-refractivity contribution < 1.29 is 24.9 Å². The van der Waals surface area contributed by atoms with Crippen LogP contribution in [0.5, 0.6) is 5.75 Å². The van der Waals surface area contributed by atoms with E-state index in [0.29, 0.717) is 12.2 Å². The first-order chi connectivity index (χ1) is 15.2. The first-order valence-corrected chi connectivity index (χ1v) is 11.4. The number of carbonyl (C=O) groups is 1. The lowest BCUT2D eigenvalue weighted by molar-refractivity contribution is 0.0796. The summed E-state index contributed by atoms with van der Waals surface area (Å²) in [4.78, 5) is 12.8. The number of aliphatic hydroxyl groups excluding tert-OH is 3. The van der Waals surface area contributed by atoms with Crippen LogP contribution in [0.4, 0.5) is 0 Å². The fourth-order valence-electron chi connectivity index (χ4n) is 4.14. The number of hydrogen-bond acceptors (Lipinski definition) is 5. The lowest BCUT2D eigenvalue weighted by atomic mass is 9.71. The summed E-state index contributed by atoms with van der Waals surface area (Å²) < 4.78 is 7.64. The van der Waals surface area contributed by atoms with Gasteiger partial charge in [0.1, 0.15) is 18.1 Å². The first-order valence-electron chi connectivity index (χ1n) is 11.4. The van der Waals surface area contributed by atoms with Gasteiger partial charge in [-0.25, -0.2) is 0 Å². The summed E-state index contributed by atoms with van der Waals surface area (Å²) in [7, 11) is 0. The van der Waals surface area contributed by atoms with Crippen LogP contribution in [0.15, 0.2) is 30.5 Å². The summed E-state index contributed by atoms with van der Waals surface area (Å²) in [6, 6.07) is 8.08. The Bertz CT molecular complexity index is 886. The maximum absolute atomic E-state index is 12.8. The molecule has 0 aliphatic carbocycles. The minimum atomic E-state index is -0.980. The quantitative estimate of drug-likeness (QED) is 0.401. The number of aliphatic hydroxyl groups is 3. The molecule has 2 atom stereocenters. The molecule has 4 N–H and O–H groups in total. The van der Waals surface area contributed by atoms with Crippen molar-refractivity contribution in [1.82, 2.24) is 9.88 Å². The molecule has 178 valence electrons. The molecule has 7 heteroatoms. The van der Waals surface area contributed by atoms with Gasteiger partial charge in [0.2, 0.25) is 0 Å². The average molecular weight is 447 g/mol. The SMILES string of the molecule is CCn1cc(C(CC)(CC)c2ccc(OCC(C)O)c(C)c2)cc1C(=O)NCC(O)CO. The summed E-state index contributed by atoms with van der Waals surface area (Å²) in [5.41, 5.74) is 3.48. The van der Waals surface area contributed by atoms with Gasteiger partial charge in [-0.2, -0.15) is 0 Å². The number of ether oxygens (including phenoxy) is 1. The van der Waals surface area contributed by atoms with Gasteiger partial charge < -0.3 is 29.9 Å². The normalized spacial score (nSPS) is 13.6. The number of amides is 1. The zero-order chi connectivity index (χ0) is 23.9. The Hall–Kier alpha value is -2.35. The zero-order valence-electron chi connectivity index (χ0n) is 19.9. The predicted octanol–water partition coefficient (Wildman–Crippen LogP) is 2.77. The van der Waals surface area contributed by atoms with Crippen LogP contribution >= 0.6 is 0 Å². The topological polar surface area (TPSA) is 104 Å². The number of nitrogens with one attached hydrogen (secondary N) is 1. The Labute approximate surface area is 191 Å². The van der Waals surface area contributed by atoms with Crippen LogP contribution in [0.2, 0.25) is 0 Å². The fourth-order valence-corrected chi connectivity index (χ4v) is 4.14. The van der Waals surface area contributed by atoms with Crippen LogP contribution in [0, 0.1) is 6.92 Å². The lowest BCUT2D eigenvalue weighted by Gasteiger charge is -2.32. The molecule has 2 rings (SSSR count). The van der Waals surface area contributed by atoms with E-state index in [9.17, 15) is 15.0 Å². The molecule has 7 nitrogen and oxygen atoms in total. The number of carbonyl (C=O) groups excluding carboxylic acids is 1. The van der Waals surface area contributed by atoms with Gasteiger partial charge in [-0.05, 0) is 62.4 Å². The molecular formula is C25H38N2O5. The van der Waals surface area contributed by atoms with Crippen LogP contribution in [0.3, 0.4) is 0 Å². The molecule has 0 spiro atoms. The molecular weight excluding hydrogens is 408 g/mol. The molecule has 2 aromatic rings. The van der Waals surface area contributed by atoms with Gasteiger partial charge >= 0.3 is 0 Å². The van der Waals surface area contributed by atoms with Gasteiger partial charge in [0.25, 0.3) is 5.91 Å².